The second-order valence-electron chi connectivity index (χ2n) is 0.991. The Kier molecular flexibility index (Phi) is 3.02. The van der Waals surface area contributed by atoms with E-state index in [-0.39, 0.29) is 0 Å². The fraction of sp³-hybridized carbons (Fsp3) is 0.667. The van der Waals surface area contributed by atoms with Gasteiger partial charge in [-0.1, -0.05) is 6.92 Å². The zero-order chi connectivity index (χ0) is 4.99. The molecule has 0 spiro atoms. The minimum absolute atomic E-state index is 0.398. The van der Waals surface area contributed by atoms with Crippen LogP contribution in [0.25, 0.3) is 0 Å². The molecule has 0 radical (unpaired) electrons. The zero-order valence-electron chi connectivity index (χ0n) is 3.73. The highest BCUT2D eigenvalue weighted by Gasteiger charge is 1.71. The van der Waals surface area contributed by atoms with E-state index in [0.717, 1.165) is 0 Å². The summed E-state index contributed by atoms with van der Waals surface area (Å²) in [5.41, 5.74) is 6.84. The SMILES string of the molecule is CC[C-](N)NO. The normalized spacial score (nSPS) is 10.0. The maximum Gasteiger partial charge on any atom is -0.0902 e. The third-order valence-electron chi connectivity index (χ3n) is 0.525. The van der Waals surface area contributed by atoms with Crippen molar-refractivity contribution in [2.75, 3.05) is 0 Å². The molecular formula is C3H9N2O-. The molecule has 3 nitrogen and oxygen atoms in total. The Bertz CT molecular complexity index is 28.0. The number of hydrogen-bond acceptors (Lipinski definition) is 3. The molecule has 0 heterocycles. The molecule has 0 amide bonds. The van der Waals surface area contributed by atoms with Crippen LogP contribution in [0.2, 0.25) is 0 Å². The third-order valence-corrected chi connectivity index (χ3v) is 0.525. The van der Waals surface area contributed by atoms with Crippen molar-refractivity contribution in [1.82, 2.24) is 5.48 Å². The zero-order valence-corrected chi connectivity index (χ0v) is 3.73. The van der Waals surface area contributed by atoms with Crippen molar-refractivity contribution in [1.29, 1.82) is 0 Å². The molecule has 0 aromatic heterocycles. The summed E-state index contributed by atoms with van der Waals surface area (Å²) in [4.78, 5) is 0. The monoisotopic (exact) mass is 89.1 g/mol. The number of hydrogen-bond donors (Lipinski definition) is 3. The first-order valence-electron chi connectivity index (χ1n) is 1.82. The van der Waals surface area contributed by atoms with Gasteiger partial charge in [0, 0.05) is 0 Å². The van der Waals surface area contributed by atoms with E-state index in [1.807, 2.05) is 12.4 Å². The van der Waals surface area contributed by atoms with Gasteiger partial charge >= 0.3 is 0 Å². The summed E-state index contributed by atoms with van der Waals surface area (Å²) in [6.45, 7) is 1.85. The van der Waals surface area contributed by atoms with Gasteiger partial charge in [-0.3, -0.25) is 0 Å². The molecule has 0 atom stereocenters. The molecule has 0 bridgehead atoms. The highest BCUT2D eigenvalue weighted by Crippen LogP contribution is 1.83. The molecule has 0 aromatic rings. The maximum atomic E-state index is 7.92. The summed E-state index contributed by atoms with van der Waals surface area (Å²) in [6, 6.07) is 0. The van der Waals surface area contributed by atoms with Crippen LogP contribution >= 0.6 is 0 Å². The van der Waals surface area contributed by atoms with Crippen molar-refractivity contribution in [3.05, 3.63) is 6.17 Å². The van der Waals surface area contributed by atoms with Gasteiger partial charge < -0.3 is 16.4 Å². The van der Waals surface area contributed by atoms with Crippen LogP contribution in [0.4, 0.5) is 0 Å². The van der Waals surface area contributed by atoms with Crippen LogP contribution < -0.4 is 11.2 Å². The largest absolute Gasteiger partial charge is 0.465 e. The molecular weight excluding hydrogens is 80.0 g/mol. The first-order chi connectivity index (χ1) is 2.81. The first kappa shape index (κ1) is 5.88. The molecule has 0 aromatic carbocycles. The molecule has 0 fully saturated rings. The lowest BCUT2D eigenvalue weighted by atomic mass is 10.4. The van der Waals surface area contributed by atoms with Crippen molar-refractivity contribution in [3.63, 3.8) is 0 Å². The second kappa shape index (κ2) is 3.08. The fourth-order valence-corrected chi connectivity index (χ4v) is 0.0791. The van der Waals surface area contributed by atoms with Crippen LogP contribution in [0.5, 0.6) is 0 Å². The van der Waals surface area contributed by atoms with E-state index in [1.165, 1.54) is 0 Å². The van der Waals surface area contributed by atoms with Gasteiger partial charge in [0.1, 0.15) is 0 Å². The van der Waals surface area contributed by atoms with Gasteiger partial charge in [-0.25, -0.2) is 0 Å². The summed E-state index contributed by atoms with van der Waals surface area (Å²) in [5, 5.41) is 7.92. The lowest BCUT2D eigenvalue weighted by Crippen LogP contribution is -2.24. The van der Waals surface area contributed by atoms with Crippen molar-refractivity contribution in [2.24, 2.45) is 5.73 Å². The molecule has 38 valence electrons. The summed E-state index contributed by atoms with van der Waals surface area (Å²) in [7, 11) is 0. The van der Waals surface area contributed by atoms with Crippen molar-refractivity contribution in [3.8, 4) is 0 Å². The van der Waals surface area contributed by atoms with Crippen LogP contribution in [0.1, 0.15) is 13.3 Å². The molecule has 0 unspecified atom stereocenters. The van der Waals surface area contributed by atoms with E-state index in [2.05, 4.69) is 0 Å². The Morgan fingerprint density at radius 3 is 2.50 bits per heavy atom. The van der Waals surface area contributed by atoms with Crippen LogP contribution in [0.3, 0.4) is 0 Å². The van der Waals surface area contributed by atoms with Gasteiger partial charge in [-0.2, -0.15) is 12.6 Å². The molecule has 0 aliphatic rings. The Morgan fingerprint density at radius 2 is 2.50 bits per heavy atom. The van der Waals surface area contributed by atoms with Gasteiger partial charge in [-0.05, 0) is 0 Å². The number of nitrogens with two attached hydrogens (primary N) is 1. The van der Waals surface area contributed by atoms with Crippen molar-refractivity contribution < 1.29 is 5.21 Å². The standard InChI is InChI=1S/C3H9N2O/c1-2-3(4)5-6/h5-6H,2,4H2,1H3/q-1. The lowest BCUT2D eigenvalue weighted by molar-refractivity contribution is 0.168. The number of hydroxylamine groups is 1. The highest BCUT2D eigenvalue weighted by molar-refractivity contribution is 4.68. The molecule has 6 heavy (non-hydrogen) atoms. The van der Waals surface area contributed by atoms with E-state index in [1.54, 1.807) is 0 Å². The number of nitrogens with one attached hydrogen (secondary N) is 1. The van der Waals surface area contributed by atoms with Gasteiger partial charge in [0.25, 0.3) is 0 Å². The average molecular weight is 89.1 g/mol. The molecule has 0 saturated carbocycles. The van der Waals surface area contributed by atoms with E-state index in [4.69, 9.17) is 10.9 Å². The van der Waals surface area contributed by atoms with Crippen LogP contribution in [-0.4, -0.2) is 5.21 Å². The smallest absolute Gasteiger partial charge is 0.0902 e. The summed E-state index contributed by atoms with van der Waals surface area (Å²) < 4.78 is 0. The molecule has 0 rings (SSSR count). The second-order valence-corrected chi connectivity index (χ2v) is 0.991. The average Bonchev–Trinajstić information content (AvgIpc) is 1.65. The molecule has 4 N–H and O–H groups in total. The van der Waals surface area contributed by atoms with Gasteiger partial charge in [0.2, 0.25) is 0 Å². The first-order valence-corrected chi connectivity index (χ1v) is 1.82. The predicted octanol–water partition coefficient (Wildman–Crippen LogP) is -0.177. The minimum atomic E-state index is 0.398. The summed E-state index contributed by atoms with van der Waals surface area (Å²) in [5.74, 6) is 0. The van der Waals surface area contributed by atoms with E-state index < -0.39 is 0 Å². The molecule has 0 aliphatic carbocycles. The van der Waals surface area contributed by atoms with Crippen molar-refractivity contribution in [2.45, 2.75) is 13.3 Å². The Labute approximate surface area is 37.1 Å². The topological polar surface area (TPSA) is 58.3 Å². The van der Waals surface area contributed by atoms with Gasteiger partial charge in [0.15, 0.2) is 0 Å². The fourth-order valence-electron chi connectivity index (χ4n) is 0.0791. The minimum Gasteiger partial charge on any atom is -0.465 e. The van der Waals surface area contributed by atoms with E-state index in [0.29, 0.717) is 12.6 Å². The summed E-state index contributed by atoms with van der Waals surface area (Å²) >= 11 is 0. The Balaban J connectivity index is 2.75. The molecule has 0 saturated heterocycles. The highest BCUT2D eigenvalue weighted by atomic mass is 16.5. The van der Waals surface area contributed by atoms with Gasteiger partial charge in [0.05, 0.1) is 0 Å². The van der Waals surface area contributed by atoms with E-state index in [9.17, 15) is 0 Å². The van der Waals surface area contributed by atoms with Crippen molar-refractivity contribution >= 4 is 0 Å². The molecule has 0 aliphatic heterocycles. The molecule has 3 heteroatoms. The van der Waals surface area contributed by atoms with Crippen LogP contribution in [0.15, 0.2) is 0 Å². The maximum absolute atomic E-state index is 7.92. The number of rotatable bonds is 2. The Hall–Kier alpha value is -0.120. The lowest BCUT2D eigenvalue weighted by Gasteiger charge is -2.18. The summed E-state index contributed by atoms with van der Waals surface area (Å²) in [6.07, 6.45) is 1.06. The Morgan fingerprint density at radius 1 is 2.00 bits per heavy atom. The van der Waals surface area contributed by atoms with Gasteiger partial charge in [-0.15, -0.1) is 0 Å². The predicted molar refractivity (Wildman–Crippen MR) is 22.6 cm³/mol. The van der Waals surface area contributed by atoms with Crippen LogP contribution in [-0.2, 0) is 0 Å². The van der Waals surface area contributed by atoms with E-state index >= 15 is 0 Å². The quantitative estimate of drug-likeness (QED) is 0.325. The third kappa shape index (κ3) is 2.14. The van der Waals surface area contributed by atoms with Crippen LogP contribution in [0, 0.1) is 6.17 Å².